The molecule has 1 fully saturated rings. The third-order valence-corrected chi connectivity index (χ3v) is 4.23. The molecule has 0 atom stereocenters. The van der Waals surface area contributed by atoms with Crippen molar-refractivity contribution in [1.29, 1.82) is 0 Å². The van der Waals surface area contributed by atoms with E-state index in [1.54, 1.807) is 17.0 Å². The lowest BCUT2D eigenvalue weighted by molar-refractivity contribution is 0.0647. The SMILES string of the molecule is CCN1CCC(N(C)C(=O)c2cccc(C(=O)O)c2)CC1. The largest absolute Gasteiger partial charge is 0.478 e. The highest BCUT2D eigenvalue weighted by molar-refractivity contribution is 5.97. The maximum atomic E-state index is 12.5. The second-order valence-corrected chi connectivity index (χ2v) is 5.47. The van der Waals surface area contributed by atoms with Crippen LogP contribution >= 0.6 is 0 Å². The van der Waals surface area contributed by atoms with E-state index in [0.717, 1.165) is 32.5 Å². The molecule has 21 heavy (non-hydrogen) atoms. The molecule has 1 heterocycles. The van der Waals surface area contributed by atoms with E-state index in [2.05, 4.69) is 11.8 Å². The molecule has 2 rings (SSSR count). The molecule has 1 amide bonds. The van der Waals surface area contributed by atoms with E-state index in [4.69, 9.17) is 5.11 Å². The Labute approximate surface area is 125 Å². The summed E-state index contributed by atoms with van der Waals surface area (Å²) < 4.78 is 0. The van der Waals surface area contributed by atoms with Crippen molar-refractivity contribution in [3.8, 4) is 0 Å². The van der Waals surface area contributed by atoms with Gasteiger partial charge in [0, 0.05) is 31.7 Å². The predicted octanol–water partition coefficient (Wildman–Crippen LogP) is 1.94. The van der Waals surface area contributed by atoms with Crippen LogP contribution in [0.5, 0.6) is 0 Å². The van der Waals surface area contributed by atoms with Gasteiger partial charge in [-0.3, -0.25) is 4.79 Å². The van der Waals surface area contributed by atoms with E-state index in [-0.39, 0.29) is 17.5 Å². The first-order valence-electron chi connectivity index (χ1n) is 7.35. The average Bonchev–Trinajstić information content (AvgIpc) is 2.53. The molecular weight excluding hydrogens is 268 g/mol. The van der Waals surface area contributed by atoms with Crippen LogP contribution in [0.2, 0.25) is 0 Å². The number of hydrogen-bond acceptors (Lipinski definition) is 3. The number of piperidine rings is 1. The van der Waals surface area contributed by atoms with E-state index >= 15 is 0 Å². The lowest BCUT2D eigenvalue weighted by atomic mass is 10.0. The number of carboxylic acid groups (broad SMARTS) is 1. The quantitative estimate of drug-likeness (QED) is 0.920. The van der Waals surface area contributed by atoms with Gasteiger partial charge in [-0.25, -0.2) is 4.79 Å². The van der Waals surface area contributed by atoms with Crippen LogP contribution in [0.25, 0.3) is 0 Å². The maximum absolute atomic E-state index is 12.5. The van der Waals surface area contributed by atoms with Gasteiger partial charge in [-0.1, -0.05) is 13.0 Å². The first-order chi connectivity index (χ1) is 10.0. The minimum atomic E-state index is -1.01. The maximum Gasteiger partial charge on any atom is 0.335 e. The van der Waals surface area contributed by atoms with Crippen LogP contribution in [-0.4, -0.2) is 59.5 Å². The Morgan fingerprint density at radius 3 is 2.48 bits per heavy atom. The Morgan fingerprint density at radius 2 is 1.90 bits per heavy atom. The minimum Gasteiger partial charge on any atom is -0.478 e. The number of benzene rings is 1. The van der Waals surface area contributed by atoms with Crippen molar-refractivity contribution in [2.24, 2.45) is 0 Å². The van der Waals surface area contributed by atoms with Crippen LogP contribution in [0, 0.1) is 0 Å². The number of carboxylic acids is 1. The zero-order valence-corrected chi connectivity index (χ0v) is 12.6. The van der Waals surface area contributed by atoms with Gasteiger partial charge in [-0.2, -0.15) is 0 Å². The summed E-state index contributed by atoms with van der Waals surface area (Å²) in [5.74, 6) is -1.11. The molecule has 1 aliphatic heterocycles. The third kappa shape index (κ3) is 3.61. The van der Waals surface area contributed by atoms with Gasteiger partial charge in [0.25, 0.3) is 5.91 Å². The van der Waals surface area contributed by atoms with Crippen LogP contribution in [0.1, 0.15) is 40.5 Å². The Balaban J connectivity index is 2.06. The predicted molar refractivity (Wildman–Crippen MR) is 80.6 cm³/mol. The van der Waals surface area contributed by atoms with E-state index in [1.807, 2.05) is 7.05 Å². The number of hydrogen-bond donors (Lipinski definition) is 1. The molecule has 0 radical (unpaired) electrons. The lowest BCUT2D eigenvalue weighted by Gasteiger charge is -2.36. The summed E-state index contributed by atoms with van der Waals surface area (Å²) in [7, 11) is 1.81. The number of rotatable bonds is 4. The highest BCUT2D eigenvalue weighted by Gasteiger charge is 2.25. The second-order valence-electron chi connectivity index (χ2n) is 5.47. The standard InChI is InChI=1S/C16H22N2O3/c1-3-18-9-7-14(8-10-18)17(2)15(19)12-5-4-6-13(11-12)16(20)21/h4-6,11,14H,3,7-10H2,1-2H3,(H,20,21). The van der Waals surface area contributed by atoms with Gasteiger partial charge < -0.3 is 14.9 Å². The first kappa shape index (κ1) is 15.5. The van der Waals surface area contributed by atoms with Gasteiger partial charge in [-0.05, 0) is 37.6 Å². The zero-order chi connectivity index (χ0) is 15.4. The fourth-order valence-electron chi connectivity index (χ4n) is 2.78. The summed E-state index contributed by atoms with van der Waals surface area (Å²) in [4.78, 5) is 27.6. The molecule has 0 aromatic heterocycles. The fourth-order valence-corrected chi connectivity index (χ4v) is 2.78. The fraction of sp³-hybridized carbons (Fsp3) is 0.500. The topological polar surface area (TPSA) is 60.9 Å². The number of carbonyl (C=O) groups is 2. The lowest BCUT2D eigenvalue weighted by Crippen LogP contribution is -2.45. The van der Waals surface area contributed by atoms with E-state index in [0.29, 0.717) is 5.56 Å². The molecule has 1 aromatic carbocycles. The molecule has 0 spiro atoms. The molecule has 1 aromatic rings. The van der Waals surface area contributed by atoms with Crippen molar-refractivity contribution >= 4 is 11.9 Å². The molecule has 0 aliphatic carbocycles. The van der Waals surface area contributed by atoms with Gasteiger partial charge in [0.15, 0.2) is 0 Å². The zero-order valence-electron chi connectivity index (χ0n) is 12.6. The Morgan fingerprint density at radius 1 is 1.29 bits per heavy atom. The number of carbonyl (C=O) groups excluding carboxylic acids is 1. The van der Waals surface area contributed by atoms with Gasteiger partial charge in [0.1, 0.15) is 0 Å². The van der Waals surface area contributed by atoms with Crippen molar-refractivity contribution in [1.82, 2.24) is 9.80 Å². The third-order valence-electron chi connectivity index (χ3n) is 4.23. The van der Waals surface area contributed by atoms with Crippen molar-refractivity contribution in [2.45, 2.75) is 25.8 Å². The minimum absolute atomic E-state index is 0.104. The van der Waals surface area contributed by atoms with Crippen LogP contribution in [-0.2, 0) is 0 Å². The molecule has 0 saturated carbocycles. The van der Waals surface area contributed by atoms with Crippen LogP contribution < -0.4 is 0 Å². The van der Waals surface area contributed by atoms with Gasteiger partial charge in [-0.15, -0.1) is 0 Å². The Bertz CT molecular complexity index is 522. The van der Waals surface area contributed by atoms with E-state index in [9.17, 15) is 9.59 Å². The summed E-state index contributed by atoms with van der Waals surface area (Å²) in [5, 5.41) is 9.00. The number of amides is 1. The summed E-state index contributed by atoms with van der Waals surface area (Å²) >= 11 is 0. The van der Waals surface area contributed by atoms with E-state index < -0.39 is 5.97 Å². The molecule has 0 bridgehead atoms. The normalized spacial score (nSPS) is 16.7. The van der Waals surface area contributed by atoms with Crippen molar-refractivity contribution in [2.75, 3.05) is 26.7 Å². The summed E-state index contributed by atoms with van der Waals surface area (Å²) in [6.45, 7) is 5.21. The molecule has 5 nitrogen and oxygen atoms in total. The highest BCUT2D eigenvalue weighted by Crippen LogP contribution is 2.18. The smallest absolute Gasteiger partial charge is 0.335 e. The molecule has 1 saturated heterocycles. The highest BCUT2D eigenvalue weighted by atomic mass is 16.4. The first-order valence-corrected chi connectivity index (χ1v) is 7.35. The van der Waals surface area contributed by atoms with Gasteiger partial charge in [0.05, 0.1) is 5.56 Å². The second kappa shape index (κ2) is 6.72. The summed E-state index contributed by atoms with van der Waals surface area (Å²) in [5.41, 5.74) is 0.588. The number of likely N-dealkylation sites (tertiary alicyclic amines) is 1. The van der Waals surface area contributed by atoms with Gasteiger partial charge in [0.2, 0.25) is 0 Å². The Kier molecular flexibility index (Phi) is 4.96. The molecule has 1 N–H and O–H groups in total. The molecule has 114 valence electrons. The monoisotopic (exact) mass is 290 g/mol. The van der Waals surface area contributed by atoms with Crippen molar-refractivity contribution in [3.63, 3.8) is 0 Å². The molecular formula is C16H22N2O3. The Hall–Kier alpha value is -1.88. The molecule has 5 heteroatoms. The van der Waals surface area contributed by atoms with Crippen LogP contribution in [0.4, 0.5) is 0 Å². The molecule has 0 unspecified atom stereocenters. The number of aromatic carboxylic acids is 1. The average molecular weight is 290 g/mol. The number of nitrogens with zero attached hydrogens (tertiary/aromatic N) is 2. The van der Waals surface area contributed by atoms with Gasteiger partial charge >= 0.3 is 5.97 Å². The molecule has 1 aliphatic rings. The van der Waals surface area contributed by atoms with Crippen LogP contribution in [0.15, 0.2) is 24.3 Å². The van der Waals surface area contributed by atoms with E-state index in [1.165, 1.54) is 12.1 Å². The van der Waals surface area contributed by atoms with Crippen LogP contribution in [0.3, 0.4) is 0 Å². The van der Waals surface area contributed by atoms with Crippen molar-refractivity contribution in [3.05, 3.63) is 35.4 Å². The van der Waals surface area contributed by atoms with Crippen molar-refractivity contribution < 1.29 is 14.7 Å². The summed E-state index contributed by atoms with van der Waals surface area (Å²) in [6, 6.07) is 6.46. The summed E-state index contributed by atoms with van der Waals surface area (Å²) in [6.07, 6.45) is 1.93.